The quantitative estimate of drug-likeness (QED) is 0.683. The highest BCUT2D eigenvalue weighted by molar-refractivity contribution is 7.89. The Labute approximate surface area is 172 Å². The van der Waals surface area contributed by atoms with E-state index < -0.39 is 16.1 Å². The van der Waals surface area contributed by atoms with Crippen molar-refractivity contribution < 1.29 is 18.3 Å². The monoisotopic (exact) mass is 419 g/mol. The number of hydrogen-bond acceptors (Lipinski definition) is 4. The van der Waals surface area contributed by atoms with Crippen LogP contribution in [0.25, 0.3) is 0 Å². The number of ether oxygens (including phenoxy) is 1. The summed E-state index contributed by atoms with van der Waals surface area (Å²) in [6.45, 7) is 2.45. The minimum absolute atomic E-state index is 0.0342. The van der Waals surface area contributed by atoms with Crippen LogP contribution in [0.5, 0.6) is 5.75 Å². The van der Waals surface area contributed by atoms with E-state index in [1.54, 1.807) is 37.4 Å². The topological polar surface area (TPSA) is 66.8 Å². The molecule has 1 N–H and O–H groups in total. The van der Waals surface area contributed by atoms with E-state index in [2.05, 4.69) is 6.92 Å². The van der Waals surface area contributed by atoms with Crippen LogP contribution < -0.4 is 4.74 Å². The summed E-state index contributed by atoms with van der Waals surface area (Å²) in [5.41, 5.74) is 1.15. The van der Waals surface area contributed by atoms with Crippen LogP contribution in [0.4, 0.5) is 0 Å². The van der Waals surface area contributed by atoms with Crippen LogP contribution in [-0.4, -0.2) is 42.6 Å². The minimum Gasteiger partial charge on any atom is -0.501 e. The molecule has 150 valence electrons. The first kappa shape index (κ1) is 20.8. The SMILES string of the molecule is COc1ccc([C@@H](C)CC2CCN(S(=O)(=O)c3ccccc3)C2C(O)=S)cc1. The van der Waals surface area contributed by atoms with Crippen molar-refractivity contribution in [2.45, 2.75) is 36.6 Å². The third kappa shape index (κ3) is 4.21. The van der Waals surface area contributed by atoms with Crippen LogP contribution in [0.3, 0.4) is 0 Å². The number of thiocarbonyl (C=S) groups is 1. The number of aliphatic hydroxyl groups is 1. The highest BCUT2D eigenvalue weighted by Crippen LogP contribution is 2.37. The third-order valence-electron chi connectivity index (χ3n) is 5.42. The Morgan fingerprint density at radius 3 is 2.43 bits per heavy atom. The molecule has 0 radical (unpaired) electrons. The van der Waals surface area contributed by atoms with Gasteiger partial charge in [0.25, 0.3) is 0 Å². The Morgan fingerprint density at radius 1 is 1.21 bits per heavy atom. The van der Waals surface area contributed by atoms with Gasteiger partial charge >= 0.3 is 0 Å². The van der Waals surface area contributed by atoms with Gasteiger partial charge in [0.15, 0.2) is 5.05 Å². The van der Waals surface area contributed by atoms with Crippen molar-refractivity contribution in [3.63, 3.8) is 0 Å². The van der Waals surface area contributed by atoms with Crippen molar-refractivity contribution in [1.82, 2.24) is 4.31 Å². The standard InChI is InChI=1S/C21H25NO4S2/c1-15(16-8-10-18(26-2)11-9-16)14-17-12-13-22(20(17)21(23)27)28(24,25)19-6-4-3-5-7-19/h3-11,15,17,20H,12-14H2,1-2H3,(H,23,27)/t15-,17?,20?/m0/s1. The van der Waals surface area contributed by atoms with Crippen molar-refractivity contribution in [3.05, 3.63) is 60.2 Å². The second-order valence-corrected chi connectivity index (χ2v) is 9.48. The maximum Gasteiger partial charge on any atom is 0.243 e. The van der Waals surface area contributed by atoms with Crippen LogP contribution in [0.2, 0.25) is 0 Å². The summed E-state index contributed by atoms with van der Waals surface area (Å²) in [7, 11) is -2.08. The Kier molecular flexibility index (Phi) is 6.37. The molecule has 0 aromatic heterocycles. The number of methoxy groups -OCH3 is 1. The molecule has 3 atom stereocenters. The van der Waals surface area contributed by atoms with Crippen molar-refractivity contribution in [2.75, 3.05) is 13.7 Å². The van der Waals surface area contributed by atoms with E-state index in [1.165, 1.54) is 4.31 Å². The summed E-state index contributed by atoms with van der Waals surface area (Å²) in [6, 6.07) is 15.5. The molecule has 1 heterocycles. The summed E-state index contributed by atoms with van der Waals surface area (Å²) in [4.78, 5) is 0.222. The molecule has 2 aromatic rings. The van der Waals surface area contributed by atoms with Crippen LogP contribution in [0.15, 0.2) is 59.5 Å². The van der Waals surface area contributed by atoms with Gasteiger partial charge in [0.1, 0.15) is 5.75 Å². The smallest absolute Gasteiger partial charge is 0.243 e. The largest absolute Gasteiger partial charge is 0.501 e. The van der Waals surface area contributed by atoms with Gasteiger partial charge in [0.05, 0.1) is 18.0 Å². The zero-order valence-corrected chi connectivity index (χ0v) is 17.6. The van der Waals surface area contributed by atoms with Gasteiger partial charge in [0, 0.05) is 6.54 Å². The maximum atomic E-state index is 13.1. The molecule has 1 fully saturated rings. The fraction of sp³-hybridized carbons (Fsp3) is 0.381. The van der Waals surface area contributed by atoms with Crippen molar-refractivity contribution in [1.29, 1.82) is 0 Å². The van der Waals surface area contributed by atoms with Crippen molar-refractivity contribution >= 4 is 27.3 Å². The lowest BCUT2D eigenvalue weighted by Crippen LogP contribution is -2.42. The van der Waals surface area contributed by atoms with E-state index >= 15 is 0 Å². The van der Waals surface area contributed by atoms with Gasteiger partial charge in [-0.1, -0.05) is 37.3 Å². The Hall–Kier alpha value is -1.96. The molecule has 1 saturated heterocycles. The fourth-order valence-electron chi connectivity index (χ4n) is 3.92. The van der Waals surface area contributed by atoms with Crippen molar-refractivity contribution in [3.8, 4) is 5.75 Å². The first-order chi connectivity index (χ1) is 13.3. The maximum absolute atomic E-state index is 13.1. The summed E-state index contributed by atoms with van der Waals surface area (Å²) in [6.07, 6.45) is 1.40. The van der Waals surface area contributed by atoms with Gasteiger partial charge in [0.2, 0.25) is 10.0 Å². The lowest BCUT2D eigenvalue weighted by Gasteiger charge is -2.27. The van der Waals surface area contributed by atoms with Gasteiger partial charge in [-0.3, -0.25) is 0 Å². The summed E-state index contributed by atoms with van der Waals surface area (Å²) in [5, 5.41) is 9.90. The predicted molar refractivity (Wildman–Crippen MR) is 113 cm³/mol. The molecule has 5 nitrogen and oxygen atoms in total. The zero-order chi connectivity index (χ0) is 20.3. The number of sulfonamides is 1. The fourth-order valence-corrected chi connectivity index (χ4v) is 5.99. The second kappa shape index (κ2) is 8.59. The molecule has 3 rings (SSSR count). The number of benzene rings is 2. The lowest BCUT2D eigenvalue weighted by atomic mass is 9.86. The van der Waals surface area contributed by atoms with E-state index in [0.29, 0.717) is 13.0 Å². The van der Waals surface area contributed by atoms with E-state index in [-0.39, 0.29) is 21.8 Å². The molecular weight excluding hydrogens is 394 g/mol. The van der Waals surface area contributed by atoms with E-state index in [0.717, 1.165) is 17.7 Å². The first-order valence-electron chi connectivity index (χ1n) is 9.28. The van der Waals surface area contributed by atoms with Crippen LogP contribution in [-0.2, 0) is 10.0 Å². The summed E-state index contributed by atoms with van der Waals surface area (Å²) in [5.74, 6) is 0.964. The first-order valence-corrected chi connectivity index (χ1v) is 11.1. The van der Waals surface area contributed by atoms with Gasteiger partial charge in [-0.2, -0.15) is 4.31 Å². The summed E-state index contributed by atoms with van der Waals surface area (Å²) < 4.78 is 32.7. The van der Waals surface area contributed by atoms with E-state index in [9.17, 15) is 13.5 Å². The van der Waals surface area contributed by atoms with Crippen LogP contribution in [0, 0.1) is 5.92 Å². The predicted octanol–water partition coefficient (Wildman–Crippen LogP) is 4.15. The molecule has 0 amide bonds. The molecule has 0 saturated carbocycles. The molecule has 7 heteroatoms. The Balaban J connectivity index is 1.80. The molecule has 0 spiro atoms. The van der Waals surface area contributed by atoms with E-state index in [1.807, 2.05) is 24.3 Å². The van der Waals surface area contributed by atoms with Gasteiger partial charge in [-0.25, -0.2) is 8.42 Å². The molecule has 0 bridgehead atoms. The zero-order valence-electron chi connectivity index (χ0n) is 16.0. The number of aliphatic hydroxyl groups excluding tert-OH is 1. The van der Waals surface area contributed by atoms with Gasteiger partial charge in [-0.05, 0) is 66.7 Å². The normalized spacial score (nSPS) is 21.4. The van der Waals surface area contributed by atoms with Crippen LogP contribution in [0.1, 0.15) is 31.2 Å². The highest BCUT2D eigenvalue weighted by Gasteiger charge is 2.44. The van der Waals surface area contributed by atoms with Gasteiger partial charge in [-0.15, -0.1) is 0 Å². The summed E-state index contributed by atoms with van der Waals surface area (Å²) >= 11 is 5.06. The molecule has 2 unspecified atom stereocenters. The molecule has 1 aliphatic heterocycles. The average molecular weight is 420 g/mol. The molecular formula is C21H25NO4S2. The molecule has 0 aliphatic carbocycles. The van der Waals surface area contributed by atoms with E-state index in [4.69, 9.17) is 17.0 Å². The Bertz CT molecular complexity index is 913. The second-order valence-electron chi connectivity index (χ2n) is 7.17. The van der Waals surface area contributed by atoms with Crippen molar-refractivity contribution in [2.24, 2.45) is 5.92 Å². The lowest BCUT2D eigenvalue weighted by molar-refractivity contribution is 0.349. The minimum atomic E-state index is -3.71. The number of nitrogens with zero attached hydrogens (tertiary/aromatic N) is 1. The van der Waals surface area contributed by atoms with Gasteiger partial charge < -0.3 is 9.84 Å². The highest BCUT2D eigenvalue weighted by atomic mass is 32.2. The molecule has 1 aliphatic rings. The number of hydrogen-bond donors (Lipinski definition) is 1. The molecule has 28 heavy (non-hydrogen) atoms. The van der Waals surface area contributed by atoms with Crippen LogP contribution >= 0.6 is 12.2 Å². The Morgan fingerprint density at radius 2 is 1.86 bits per heavy atom. The molecule has 2 aromatic carbocycles. The average Bonchev–Trinajstić information content (AvgIpc) is 3.13. The number of rotatable bonds is 7. The third-order valence-corrected chi connectivity index (χ3v) is 7.56.